The van der Waals surface area contributed by atoms with Crippen molar-refractivity contribution in [2.24, 2.45) is 0 Å². The molecular weight excluding hydrogens is 284 g/mol. The predicted octanol–water partition coefficient (Wildman–Crippen LogP) is 4.38. The molecule has 0 aliphatic carbocycles. The molecule has 0 unspecified atom stereocenters. The maximum atomic E-state index is 6.17. The highest BCUT2D eigenvalue weighted by Crippen LogP contribution is 2.27. The predicted molar refractivity (Wildman–Crippen MR) is 88.6 cm³/mol. The summed E-state index contributed by atoms with van der Waals surface area (Å²) in [7, 11) is 1.80. The van der Waals surface area contributed by atoms with Crippen molar-refractivity contribution in [3.63, 3.8) is 0 Å². The lowest BCUT2D eigenvalue weighted by atomic mass is 10.2. The average molecular weight is 299 g/mol. The summed E-state index contributed by atoms with van der Waals surface area (Å²) in [6, 6.07) is 13.7. The van der Waals surface area contributed by atoms with Crippen LogP contribution in [0.1, 0.15) is 5.56 Å². The number of halogens is 1. The van der Waals surface area contributed by atoms with Crippen LogP contribution in [0.15, 0.2) is 42.5 Å². The highest BCUT2D eigenvalue weighted by molar-refractivity contribution is 6.31. The van der Waals surface area contributed by atoms with Crippen LogP contribution in [0.25, 0.3) is 10.9 Å². The maximum absolute atomic E-state index is 6.17. The minimum Gasteiger partial charge on any atom is -0.357 e. The summed E-state index contributed by atoms with van der Waals surface area (Å²) >= 11 is 6.17. The Labute approximate surface area is 128 Å². The average Bonchev–Trinajstić information content (AvgIpc) is 2.51. The van der Waals surface area contributed by atoms with Gasteiger partial charge in [0.25, 0.3) is 0 Å². The summed E-state index contributed by atoms with van der Waals surface area (Å²) < 4.78 is 0. The van der Waals surface area contributed by atoms with Crippen molar-refractivity contribution in [2.75, 3.05) is 17.7 Å². The van der Waals surface area contributed by atoms with Crippen molar-refractivity contribution in [3.8, 4) is 0 Å². The summed E-state index contributed by atoms with van der Waals surface area (Å²) in [6.07, 6.45) is 0. The van der Waals surface area contributed by atoms with Gasteiger partial charge in [0.1, 0.15) is 5.82 Å². The number of fused-ring (bicyclic) bond motifs is 1. The van der Waals surface area contributed by atoms with E-state index in [-0.39, 0.29) is 0 Å². The molecule has 2 N–H and O–H groups in total. The summed E-state index contributed by atoms with van der Waals surface area (Å²) in [4.78, 5) is 8.93. The number of nitrogens with zero attached hydrogens (tertiary/aromatic N) is 2. The van der Waals surface area contributed by atoms with Gasteiger partial charge < -0.3 is 10.6 Å². The molecule has 0 aliphatic rings. The zero-order valence-electron chi connectivity index (χ0n) is 11.8. The van der Waals surface area contributed by atoms with Gasteiger partial charge in [0.2, 0.25) is 5.95 Å². The molecular formula is C16H15ClN4. The van der Waals surface area contributed by atoms with E-state index < -0.39 is 0 Å². The van der Waals surface area contributed by atoms with E-state index in [9.17, 15) is 0 Å². The van der Waals surface area contributed by atoms with Crippen LogP contribution in [0.3, 0.4) is 0 Å². The first-order chi connectivity index (χ1) is 10.2. The largest absolute Gasteiger partial charge is 0.357 e. The molecule has 3 aromatic rings. The van der Waals surface area contributed by atoms with Crippen LogP contribution < -0.4 is 10.6 Å². The normalized spacial score (nSPS) is 10.6. The first kappa shape index (κ1) is 13.6. The van der Waals surface area contributed by atoms with Crippen LogP contribution in [0.5, 0.6) is 0 Å². The summed E-state index contributed by atoms with van der Waals surface area (Å²) in [5.74, 6) is 1.33. The lowest BCUT2D eigenvalue weighted by molar-refractivity contribution is 1.19. The molecule has 2 aromatic carbocycles. The standard InChI is InChI=1S/C16H15ClN4/c1-10-7-8-11(9-13(10)17)19-15-12-5-3-4-6-14(12)20-16(18-2)21-15/h3-9H,1-2H3,(H2,18,19,20,21). The molecule has 5 heteroatoms. The molecule has 0 fully saturated rings. The van der Waals surface area contributed by atoms with Gasteiger partial charge in [-0.15, -0.1) is 0 Å². The molecule has 0 atom stereocenters. The minimum atomic E-state index is 0.578. The number of hydrogen-bond donors (Lipinski definition) is 2. The number of hydrogen-bond acceptors (Lipinski definition) is 4. The minimum absolute atomic E-state index is 0.578. The van der Waals surface area contributed by atoms with Gasteiger partial charge >= 0.3 is 0 Å². The van der Waals surface area contributed by atoms with E-state index in [1.54, 1.807) is 7.05 Å². The Morgan fingerprint density at radius 1 is 1.05 bits per heavy atom. The van der Waals surface area contributed by atoms with Crippen LogP contribution in [0.4, 0.5) is 17.5 Å². The van der Waals surface area contributed by atoms with Gasteiger partial charge in [-0.05, 0) is 36.8 Å². The third-order valence-electron chi connectivity index (χ3n) is 3.26. The van der Waals surface area contributed by atoms with Crippen LogP contribution in [0, 0.1) is 6.92 Å². The van der Waals surface area contributed by atoms with Gasteiger partial charge in [0.05, 0.1) is 5.52 Å². The molecule has 0 saturated heterocycles. The van der Waals surface area contributed by atoms with E-state index in [1.807, 2.05) is 49.4 Å². The van der Waals surface area contributed by atoms with Gasteiger partial charge in [-0.25, -0.2) is 4.98 Å². The van der Waals surface area contributed by atoms with Gasteiger partial charge in [-0.1, -0.05) is 29.8 Å². The first-order valence-electron chi connectivity index (χ1n) is 6.65. The number of benzene rings is 2. The molecule has 0 spiro atoms. The SMILES string of the molecule is CNc1nc(Nc2ccc(C)c(Cl)c2)c2ccccc2n1. The second-order valence-electron chi connectivity index (χ2n) is 4.75. The maximum Gasteiger partial charge on any atom is 0.224 e. The van der Waals surface area contributed by atoms with E-state index in [1.165, 1.54) is 0 Å². The Hall–Kier alpha value is -2.33. The molecule has 3 rings (SSSR count). The molecule has 106 valence electrons. The van der Waals surface area contributed by atoms with Crippen molar-refractivity contribution >= 4 is 40.0 Å². The Morgan fingerprint density at radius 3 is 2.62 bits per heavy atom. The zero-order valence-corrected chi connectivity index (χ0v) is 12.6. The van der Waals surface area contributed by atoms with E-state index in [0.717, 1.165) is 33.0 Å². The van der Waals surface area contributed by atoms with Gasteiger partial charge in [-0.3, -0.25) is 0 Å². The Kier molecular flexibility index (Phi) is 3.62. The molecule has 4 nitrogen and oxygen atoms in total. The summed E-state index contributed by atoms with van der Waals surface area (Å²) in [6.45, 7) is 1.98. The number of rotatable bonds is 3. The molecule has 0 amide bonds. The molecule has 1 heterocycles. The smallest absolute Gasteiger partial charge is 0.224 e. The number of aromatic nitrogens is 2. The second-order valence-corrected chi connectivity index (χ2v) is 5.16. The highest BCUT2D eigenvalue weighted by Gasteiger charge is 2.07. The quantitative estimate of drug-likeness (QED) is 0.753. The van der Waals surface area contributed by atoms with Crippen LogP contribution in [-0.2, 0) is 0 Å². The first-order valence-corrected chi connectivity index (χ1v) is 7.03. The van der Waals surface area contributed by atoms with Crippen molar-refractivity contribution in [2.45, 2.75) is 6.92 Å². The van der Waals surface area contributed by atoms with Crippen molar-refractivity contribution in [1.29, 1.82) is 0 Å². The second kappa shape index (κ2) is 5.58. The summed E-state index contributed by atoms with van der Waals surface area (Å²) in [5, 5.41) is 7.99. The van der Waals surface area contributed by atoms with Crippen LogP contribution in [0.2, 0.25) is 5.02 Å². The fourth-order valence-corrected chi connectivity index (χ4v) is 2.27. The van der Waals surface area contributed by atoms with Gasteiger partial charge in [0.15, 0.2) is 0 Å². The molecule has 0 saturated carbocycles. The molecule has 0 aliphatic heterocycles. The monoisotopic (exact) mass is 298 g/mol. The third-order valence-corrected chi connectivity index (χ3v) is 3.67. The topological polar surface area (TPSA) is 49.8 Å². The van der Waals surface area contributed by atoms with Crippen LogP contribution in [-0.4, -0.2) is 17.0 Å². The number of para-hydroxylation sites is 1. The van der Waals surface area contributed by atoms with Crippen molar-refractivity contribution in [1.82, 2.24) is 9.97 Å². The third kappa shape index (κ3) is 2.76. The van der Waals surface area contributed by atoms with E-state index >= 15 is 0 Å². The molecule has 0 radical (unpaired) electrons. The lowest BCUT2D eigenvalue weighted by Gasteiger charge is -2.11. The van der Waals surface area contributed by atoms with Crippen molar-refractivity contribution < 1.29 is 0 Å². The molecule has 1 aromatic heterocycles. The summed E-state index contributed by atoms with van der Waals surface area (Å²) in [5.41, 5.74) is 2.83. The Bertz CT molecular complexity index is 801. The van der Waals surface area contributed by atoms with E-state index in [0.29, 0.717) is 5.95 Å². The lowest BCUT2D eigenvalue weighted by Crippen LogP contribution is -2.02. The van der Waals surface area contributed by atoms with Gasteiger partial charge in [0, 0.05) is 23.1 Å². The van der Waals surface area contributed by atoms with Gasteiger partial charge in [-0.2, -0.15) is 4.98 Å². The zero-order chi connectivity index (χ0) is 14.8. The Balaban J connectivity index is 2.08. The molecule has 21 heavy (non-hydrogen) atoms. The Morgan fingerprint density at radius 2 is 1.86 bits per heavy atom. The van der Waals surface area contributed by atoms with E-state index in [2.05, 4.69) is 20.6 Å². The van der Waals surface area contributed by atoms with Crippen molar-refractivity contribution in [3.05, 3.63) is 53.1 Å². The fourth-order valence-electron chi connectivity index (χ4n) is 2.09. The number of aryl methyl sites for hydroxylation is 1. The van der Waals surface area contributed by atoms with E-state index in [4.69, 9.17) is 11.6 Å². The molecule has 0 bridgehead atoms. The fraction of sp³-hybridized carbons (Fsp3) is 0.125. The van der Waals surface area contributed by atoms with Crippen LogP contribution >= 0.6 is 11.6 Å². The highest BCUT2D eigenvalue weighted by atomic mass is 35.5. The number of anilines is 3. The number of nitrogens with one attached hydrogen (secondary N) is 2.